The molecule has 76 valence electrons. The maximum Gasteiger partial charge on any atom is 0.0780 e. The van der Waals surface area contributed by atoms with Gasteiger partial charge in [-0.05, 0) is 11.6 Å². The maximum atomic E-state index is 4.46. The summed E-state index contributed by atoms with van der Waals surface area (Å²) >= 11 is 0. The highest BCUT2D eigenvalue weighted by atomic mass is 14.6. The fourth-order valence-electron chi connectivity index (χ4n) is 1.94. The smallest absolute Gasteiger partial charge is 0.0780 e. The average Bonchev–Trinajstić information content (AvgIpc) is 2.29. The number of aromatic nitrogens is 1. The van der Waals surface area contributed by atoms with Crippen molar-refractivity contribution in [1.29, 1.82) is 0 Å². The highest BCUT2D eigenvalue weighted by molar-refractivity contribution is 5.91. The molecule has 0 atom stereocenters. The van der Waals surface area contributed by atoms with E-state index in [4.69, 9.17) is 0 Å². The highest BCUT2D eigenvalue weighted by Gasteiger charge is 2.03. The average molecular weight is 205 g/mol. The fraction of sp³-hybridized carbons (Fsp3) is 0. The van der Waals surface area contributed by atoms with Crippen LogP contribution in [0.15, 0.2) is 54.8 Å². The zero-order chi connectivity index (χ0) is 10.8. The van der Waals surface area contributed by atoms with E-state index in [1.165, 1.54) is 16.5 Å². The fourth-order valence-corrected chi connectivity index (χ4v) is 1.94. The van der Waals surface area contributed by atoms with E-state index in [2.05, 4.69) is 47.5 Å². The lowest BCUT2D eigenvalue weighted by molar-refractivity contribution is 1.40. The first-order valence-corrected chi connectivity index (χ1v) is 5.34. The van der Waals surface area contributed by atoms with Gasteiger partial charge in [0.25, 0.3) is 0 Å². The topological polar surface area (TPSA) is 12.9 Å². The second kappa shape index (κ2) is 3.78. The Morgan fingerprint density at radius 3 is 2.62 bits per heavy atom. The number of allylic oxidation sites excluding steroid dienone is 4. The molecule has 0 amide bonds. The molecule has 0 radical (unpaired) electrons. The largest absolute Gasteiger partial charge is 0.256 e. The highest BCUT2D eigenvalue weighted by Crippen LogP contribution is 2.23. The Kier molecular flexibility index (Phi) is 2.15. The van der Waals surface area contributed by atoms with Crippen LogP contribution in [0.25, 0.3) is 23.1 Å². The van der Waals surface area contributed by atoms with E-state index in [-0.39, 0.29) is 0 Å². The molecule has 1 nitrogen and oxygen atoms in total. The molecule has 1 aliphatic carbocycles. The summed E-state index contributed by atoms with van der Waals surface area (Å²) in [5.41, 5.74) is 3.47. The van der Waals surface area contributed by atoms with Gasteiger partial charge in [-0.15, -0.1) is 0 Å². The molecule has 0 bridgehead atoms. The van der Waals surface area contributed by atoms with Crippen LogP contribution in [-0.4, -0.2) is 4.98 Å². The predicted molar refractivity (Wildman–Crippen MR) is 69.0 cm³/mol. The van der Waals surface area contributed by atoms with Gasteiger partial charge in [-0.2, -0.15) is 0 Å². The third kappa shape index (κ3) is 1.47. The van der Waals surface area contributed by atoms with Crippen molar-refractivity contribution in [3.05, 3.63) is 65.9 Å². The van der Waals surface area contributed by atoms with Gasteiger partial charge in [-0.1, -0.05) is 54.7 Å². The zero-order valence-corrected chi connectivity index (χ0v) is 8.80. The van der Waals surface area contributed by atoms with Crippen molar-refractivity contribution in [3.8, 4) is 0 Å². The monoisotopic (exact) mass is 205 g/mol. The van der Waals surface area contributed by atoms with Gasteiger partial charge in [0.2, 0.25) is 0 Å². The Morgan fingerprint density at radius 1 is 0.812 bits per heavy atom. The van der Waals surface area contributed by atoms with Crippen LogP contribution in [0.5, 0.6) is 0 Å². The number of rotatable bonds is 0. The molecule has 1 heterocycles. The number of hydrogen-bond acceptors (Lipinski definition) is 1. The van der Waals surface area contributed by atoms with E-state index in [9.17, 15) is 0 Å². The van der Waals surface area contributed by atoms with Crippen LogP contribution in [-0.2, 0) is 0 Å². The van der Waals surface area contributed by atoms with Gasteiger partial charge >= 0.3 is 0 Å². The summed E-state index contributed by atoms with van der Waals surface area (Å²) in [6.07, 6.45) is 14.2. The molecule has 0 aliphatic heterocycles. The van der Waals surface area contributed by atoms with E-state index in [0.717, 1.165) is 5.52 Å². The van der Waals surface area contributed by atoms with Crippen molar-refractivity contribution in [2.75, 3.05) is 0 Å². The summed E-state index contributed by atoms with van der Waals surface area (Å²) in [6.45, 7) is 0. The van der Waals surface area contributed by atoms with Crippen LogP contribution >= 0.6 is 0 Å². The molecule has 16 heavy (non-hydrogen) atoms. The van der Waals surface area contributed by atoms with Crippen molar-refractivity contribution >= 4 is 23.1 Å². The molecule has 1 aromatic carbocycles. The summed E-state index contributed by atoms with van der Waals surface area (Å²) in [4.78, 5) is 4.46. The molecule has 0 N–H and O–H groups in total. The number of benzene rings is 1. The minimum atomic E-state index is 1.07. The van der Waals surface area contributed by atoms with Crippen LogP contribution in [0.4, 0.5) is 0 Å². The summed E-state index contributed by atoms with van der Waals surface area (Å²) < 4.78 is 0. The second-order valence-electron chi connectivity index (χ2n) is 3.75. The molecule has 2 aromatic rings. The molecule has 0 saturated carbocycles. The molecule has 3 rings (SSSR count). The lowest BCUT2D eigenvalue weighted by Crippen LogP contribution is -1.87. The van der Waals surface area contributed by atoms with E-state index < -0.39 is 0 Å². The van der Waals surface area contributed by atoms with Gasteiger partial charge in [0, 0.05) is 17.1 Å². The SMILES string of the molecule is C1=C\C=C/c2c(ccc3cccnc23)\C=C/1. The Labute approximate surface area is 94.4 Å². The second-order valence-corrected chi connectivity index (χ2v) is 3.75. The van der Waals surface area contributed by atoms with E-state index in [1.807, 2.05) is 24.4 Å². The van der Waals surface area contributed by atoms with Gasteiger partial charge in [0.05, 0.1) is 5.52 Å². The van der Waals surface area contributed by atoms with E-state index >= 15 is 0 Å². The number of nitrogens with zero attached hydrogens (tertiary/aromatic N) is 1. The first kappa shape index (κ1) is 9.10. The van der Waals surface area contributed by atoms with Crippen molar-refractivity contribution in [3.63, 3.8) is 0 Å². The molecule has 0 saturated heterocycles. The van der Waals surface area contributed by atoms with Crippen LogP contribution in [0.1, 0.15) is 11.1 Å². The Bertz CT molecular complexity index is 618. The third-order valence-corrected chi connectivity index (χ3v) is 2.72. The molecule has 0 spiro atoms. The molecule has 1 heteroatoms. The van der Waals surface area contributed by atoms with Crippen LogP contribution in [0.2, 0.25) is 0 Å². The van der Waals surface area contributed by atoms with Gasteiger partial charge in [0.1, 0.15) is 0 Å². The van der Waals surface area contributed by atoms with E-state index in [0.29, 0.717) is 0 Å². The van der Waals surface area contributed by atoms with Gasteiger partial charge in [-0.3, -0.25) is 4.98 Å². The van der Waals surface area contributed by atoms with Crippen molar-refractivity contribution < 1.29 is 0 Å². The molecule has 1 aromatic heterocycles. The minimum Gasteiger partial charge on any atom is -0.256 e. The Morgan fingerprint density at radius 2 is 1.69 bits per heavy atom. The minimum absolute atomic E-state index is 1.07. The number of fused-ring (bicyclic) bond motifs is 3. The normalized spacial score (nSPS) is 19.5. The van der Waals surface area contributed by atoms with E-state index in [1.54, 1.807) is 0 Å². The molecule has 1 aliphatic rings. The van der Waals surface area contributed by atoms with Crippen molar-refractivity contribution in [2.24, 2.45) is 0 Å². The van der Waals surface area contributed by atoms with Crippen LogP contribution in [0.3, 0.4) is 0 Å². The molecular formula is C15H11N. The zero-order valence-electron chi connectivity index (χ0n) is 8.80. The predicted octanol–water partition coefficient (Wildman–Crippen LogP) is 3.83. The molecular weight excluding hydrogens is 194 g/mol. The van der Waals surface area contributed by atoms with Crippen molar-refractivity contribution in [1.82, 2.24) is 4.98 Å². The summed E-state index contributed by atoms with van der Waals surface area (Å²) in [5, 5.41) is 1.18. The standard InChI is InChI=1S/C15H11N/c1-2-4-8-14-12(6-3-1)9-10-13-7-5-11-16-15(13)14/h1-11H/b2-1-,3-1?,4-2?,6-3-,8-4-,12-6?,14-8?. The van der Waals surface area contributed by atoms with Crippen LogP contribution < -0.4 is 0 Å². The van der Waals surface area contributed by atoms with Crippen molar-refractivity contribution in [2.45, 2.75) is 0 Å². The summed E-state index contributed by atoms with van der Waals surface area (Å²) in [6, 6.07) is 8.32. The first-order chi connectivity index (χ1) is 7.95. The first-order valence-electron chi connectivity index (χ1n) is 5.34. The number of hydrogen-bond donors (Lipinski definition) is 0. The van der Waals surface area contributed by atoms with Gasteiger partial charge in [-0.25, -0.2) is 0 Å². The van der Waals surface area contributed by atoms with Gasteiger partial charge < -0.3 is 0 Å². The quantitative estimate of drug-likeness (QED) is 0.637. The van der Waals surface area contributed by atoms with Gasteiger partial charge in [0.15, 0.2) is 0 Å². The third-order valence-electron chi connectivity index (χ3n) is 2.72. The lowest BCUT2D eigenvalue weighted by Gasteiger charge is -2.06. The summed E-state index contributed by atoms with van der Waals surface area (Å²) in [7, 11) is 0. The van der Waals surface area contributed by atoms with Crippen LogP contribution in [0, 0.1) is 0 Å². The Hall–Kier alpha value is -2.15. The summed E-state index contributed by atoms with van der Waals surface area (Å²) in [5.74, 6) is 0. The molecule has 0 fully saturated rings. The lowest BCUT2D eigenvalue weighted by atomic mass is 10.0. The maximum absolute atomic E-state index is 4.46. The Balaban J connectivity index is 2.38. The number of pyridine rings is 1. The molecule has 0 unspecified atom stereocenters.